The van der Waals surface area contributed by atoms with Crippen LogP contribution in [0.2, 0.25) is 0 Å². The van der Waals surface area contributed by atoms with Gasteiger partial charge in [0, 0.05) is 23.0 Å². The van der Waals surface area contributed by atoms with Crippen LogP contribution < -0.4 is 4.90 Å². The molecule has 0 bridgehead atoms. The summed E-state index contributed by atoms with van der Waals surface area (Å²) in [5.41, 5.74) is 1.11. The molecule has 0 saturated heterocycles. The number of nitrogens with zero attached hydrogens (tertiary/aromatic N) is 2. The maximum Gasteiger partial charge on any atom is 0.255 e. The molecule has 0 spiro atoms. The summed E-state index contributed by atoms with van der Waals surface area (Å²) >= 11 is 0. The van der Waals surface area contributed by atoms with Gasteiger partial charge in [-0.05, 0) is 12.1 Å². The molecule has 104 valence electrons. The van der Waals surface area contributed by atoms with E-state index in [-0.39, 0.29) is 13.2 Å². The maximum absolute atomic E-state index is 12.7. The van der Waals surface area contributed by atoms with Crippen LogP contribution in [0.1, 0.15) is 5.56 Å². The van der Waals surface area contributed by atoms with Crippen molar-refractivity contribution in [3.63, 3.8) is 0 Å². The van der Waals surface area contributed by atoms with Crippen molar-refractivity contribution in [2.75, 3.05) is 24.6 Å². The molecule has 3 nitrogen and oxygen atoms in total. The summed E-state index contributed by atoms with van der Waals surface area (Å²) in [6.45, 7) is -0.530. The van der Waals surface area contributed by atoms with Gasteiger partial charge >= 0.3 is 0 Å². The quantitative estimate of drug-likeness (QED) is 0.913. The monoisotopic (exact) mass is 276 g/mol. The van der Waals surface area contributed by atoms with E-state index in [0.717, 1.165) is 10.8 Å². The molecule has 2 aromatic carbocycles. The number of hydrogen-bond donors (Lipinski definition) is 1. The third-order valence-corrected chi connectivity index (χ3v) is 3.09. The molecule has 0 aliphatic heterocycles. The lowest BCUT2D eigenvalue weighted by atomic mass is 10.0. The van der Waals surface area contributed by atoms with Gasteiger partial charge < -0.3 is 10.0 Å². The second-order valence-corrected chi connectivity index (χ2v) is 4.35. The first-order valence-corrected chi connectivity index (χ1v) is 6.23. The van der Waals surface area contributed by atoms with Crippen molar-refractivity contribution in [3.05, 3.63) is 42.0 Å². The lowest BCUT2D eigenvalue weighted by Gasteiger charge is -2.25. The number of alkyl halides is 2. The summed E-state index contributed by atoms with van der Waals surface area (Å²) in [6, 6.07) is 12.5. The molecule has 2 rings (SSSR count). The summed E-state index contributed by atoms with van der Waals surface area (Å²) in [5, 5.41) is 19.6. The van der Waals surface area contributed by atoms with Crippen LogP contribution in [0, 0.1) is 11.3 Å². The number of halogens is 2. The molecule has 0 radical (unpaired) electrons. The van der Waals surface area contributed by atoms with Crippen molar-refractivity contribution in [1.82, 2.24) is 0 Å². The van der Waals surface area contributed by atoms with Gasteiger partial charge in [-0.1, -0.05) is 24.3 Å². The molecule has 0 aliphatic rings. The van der Waals surface area contributed by atoms with Crippen LogP contribution in [0.15, 0.2) is 36.4 Å². The largest absolute Gasteiger partial charge is 0.395 e. The highest BCUT2D eigenvalue weighted by Gasteiger charge is 2.15. The first-order valence-electron chi connectivity index (χ1n) is 6.23. The molecule has 0 aromatic heterocycles. The summed E-state index contributed by atoms with van der Waals surface area (Å²) in [6.07, 6.45) is -2.49. The lowest BCUT2D eigenvalue weighted by molar-refractivity contribution is 0.153. The standard InChI is InChI=1S/C15H14F2N2O/c16-15(17)10-19(7-8-20)14-6-5-11(9-18)12-3-1-2-4-13(12)14/h1-6,15,20H,7-8,10H2. The molecule has 0 heterocycles. The topological polar surface area (TPSA) is 47.3 Å². The molecule has 2 aromatic rings. The molecule has 1 N–H and O–H groups in total. The van der Waals surface area contributed by atoms with Gasteiger partial charge in [-0.25, -0.2) is 8.78 Å². The number of anilines is 1. The van der Waals surface area contributed by atoms with Crippen LogP contribution in [-0.4, -0.2) is 31.2 Å². The molecule has 0 aliphatic carbocycles. The number of rotatable bonds is 5. The van der Waals surface area contributed by atoms with E-state index >= 15 is 0 Å². The van der Waals surface area contributed by atoms with Gasteiger partial charge in [0.2, 0.25) is 0 Å². The van der Waals surface area contributed by atoms with E-state index in [2.05, 4.69) is 6.07 Å². The Kier molecular flexibility index (Phi) is 4.49. The fraction of sp³-hybridized carbons (Fsp3) is 0.267. The van der Waals surface area contributed by atoms with Gasteiger partial charge in [-0.3, -0.25) is 0 Å². The molecular weight excluding hydrogens is 262 g/mol. The van der Waals surface area contributed by atoms with Crippen LogP contribution in [-0.2, 0) is 0 Å². The Morgan fingerprint density at radius 2 is 1.85 bits per heavy atom. The SMILES string of the molecule is N#Cc1ccc(N(CCO)CC(F)F)c2ccccc12. The molecule has 0 atom stereocenters. The Morgan fingerprint density at radius 1 is 1.15 bits per heavy atom. The van der Waals surface area contributed by atoms with Crippen molar-refractivity contribution in [2.45, 2.75) is 6.43 Å². The van der Waals surface area contributed by atoms with Gasteiger partial charge in [-0.2, -0.15) is 5.26 Å². The van der Waals surface area contributed by atoms with E-state index in [0.29, 0.717) is 11.3 Å². The highest BCUT2D eigenvalue weighted by molar-refractivity contribution is 5.97. The summed E-state index contributed by atoms with van der Waals surface area (Å²) in [7, 11) is 0. The van der Waals surface area contributed by atoms with Crippen LogP contribution in [0.5, 0.6) is 0 Å². The second kappa shape index (κ2) is 6.31. The second-order valence-electron chi connectivity index (χ2n) is 4.35. The van der Waals surface area contributed by atoms with E-state index in [1.807, 2.05) is 0 Å². The van der Waals surface area contributed by atoms with E-state index in [4.69, 9.17) is 10.4 Å². The van der Waals surface area contributed by atoms with Crippen molar-refractivity contribution in [2.24, 2.45) is 0 Å². The van der Waals surface area contributed by atoms with Gasteiger partial charge in [-0.15, -0.1) is 0 Å². The molecule has 20 heavy (non-hydrogen) atoms. The minimum Gasteiger partial charge on any atom is -0.395 e. The third-order valence-electron chi connectivity index (χ3n) is 3.09. The van der Waals surface area contributed by atoms with Crippen molar-refractivity contribution < 1.29 is 13.9 Å². The fourth-order valence-electron chi connectivity index (χ4n) is 2.25. The number of nitriles is 1. The van der Waals surface area contributed by atoms with Crippen LogP contribution in [0.25, 0.3) is 10.8 Å². The van der Waals surface area contributed by atoms with E-state index < -0.39 is 13.0 Å². The molecule has 0 amide bonds. The minimum atomic E-state index is -2.49. The number of benzene rings is 2. The lowest BCUT2D eigenvalue weighted by Crippen LogP contribution is -2.31. The molecule has 0 fully saturated rings. The fourth-order valence-corrected chi connectivity index (χ4v) is 2.25. The van der Waals surface area contributed by atoms with E-state index in [1.165, 1.54) is 4.90 Å². The van der Waals surface area contributed by atoms with E-state index in [1.54, 1.807) is 36.4 Å². The normalized spacial score (nSPS) is 10.8. The number of fused-ring (bicyclic) bond motifs is 1. The molecule has 0 saturated carbocycles. The van der Waals surface area contributed by atoms with Crippen LogP contribution >= 0.6 is 0 Å². The summed E-state index contributed by atoms with van der Waals surface area (Å²) < 4.78 is 25.3. The van der Waals surface area contributed by atoms with Gasteiger partial charge in [0.1, 0.15) is 0 Å². The Labute approximate surface area is 115 Å². The number of aliphatic hydroxyl groups is 1. The first kappa shape index (κ1) is 14.2. The average molecular weight is 276 g/mol. The highest BCUT2D eigenvalue weighted by atomic mass is 19.3. The third kappa shape index (κ3) is 2.86. The number of hydrogen-bond acceptors (Lipinski definition) is 3. The molecular formula is C15H14F2N2O. The summed E-state index contributed by atoms with van der Waals surface area (Å²) in [4.78, 5) is 1.44. The van der Waals surface area contributed by atoms with Gasteiger partial charge in [0.05, 0.1) is 24.8 Å². The summed E-state index contributed by atoms with van der Waals surface area (Å²) in [5.74, 6) is 0. The van der Waals surface area contributed by atoms with E-state index in [9.17, 15) is 8.78 Å². The Morgan fingerprint density at radius 3 is 2.45 bits per heavy atom. The van der Waals surface area contributed by atoms with Crippen molar-refractivity contribution >= 4 is 16.5 Å². The number of aliphatic hydroxyl groups excluding tert-OH is 1. The Balaban J connectivity index is 2.55. The Bertz CT molecular complexity index is 637. The highest BCUT2D eigenvalue weighted by Crippen LogP contribution is 2.29. The molecule has 5 heteroatoms. The van der Waals surface area contributed by atoms with Gasteiger partial charge in [0.15, 0.2) is 0 Å². The Hall–Kier alpha value is -2.19. The van der Waals surface area contributed by atoms with Crippen molar-refractivity contribution in [1.29, 1.82) is 5.26 Å². The predicted octanol–water partition coefficient (Wildman–Crippen LogP) is 2.78. The minimum absolute atomic E-state index is 0.125. The average Bonchev–Trinajstić information content (AvgIpc) is 2.45. The maximum atomic E-state index is 12.7. The van der Waals surface area contributed by atoms with Crippen molar-refractivity contribution in [3.8, 4) is 6.07 Å². The van der Waals surface area contributed by atoms with Gasteiger partial charge in [0.25, 0.3) is 6.43 Å². The van der Waals surface area contributed by atoms with Crippen LogP contribution in [0.3, 0.4) is 0 Å². The molecule has 0 unspecified atom stereocenters. The zero-order valence-corrected chi connectivity index (χ0v) is 10.8. The zero-order valence-electron chi connectivity index (χ0n) is 10.8. The smallest absolute Gasteiger partial charge is 0.255 e. The zero-order chi connectivity index (χ0) is 14.5. The first-order chi connectivity index (χ1) is 9.67. The predicted molar refractivity (Wildman–Crippen MR) is 74.0 cm³/mol. The van der Waals surface area contributed by atoms with Crippen LogP contribution in [0.4, 0.5) is 14.5 Å².